The Morgan fingerprint density at radius 1 is 0.955 bits per heavy atom. The molecule has 0 aromatic heterocycles. The zero-order chi connectivity index (χ0) is 30.7. The molecule has 7 rings (SSSR count). The highest BCUT2D eigenvalue weighted by Gasteiger charge is 2.52. The van der Waals surface area contributed by atoms with Gasteiger partial charge in [0.1, 0.15) is 23.1 Å². The monoisotopic (exact) mass is 606 g/mol. The number of amides is 3. The standard InChI is InChI=1S/C33H42N4O7/c1-41-27-9-5-22-6-10-30(38)34-19-23-7-8-24(18-28(23)42-2)44-26-11-16-36(20-25(26)35-31(39)21-43-29(27)17-22)32(40)33-12-3-14-37(33)15-4-13-33/h5,7-9,17-18,25-26H,3-4,6,10-16,19-21H2,1-2H3,(H,34,38)(H,35,39)/t25-,26+/m1/s1. The molecule has 5 heterocycles. The lowest BCUT2D eigenvalue weighted by Crippen LogP contribution is -2.62. The van der Waals surface area contributed by atoms with Crippen LogP contribution < -0.4 is 29.6 Å². The number of carbonyl (C=O) groups is 3. The number of rotatable bonds is 3. The molecule has 5 aliphatic heterocycles. The normalized spacial score (nSPS) is 23.9. The summed E-state index contributed by atoms with van der Waals surface area (Å²) in [7, 11) is 3.13. The number of likely N-dealkylation sites (tertiary alicyclic amines) is 1. The van der Waals surface area contributed by atoms with Crippen molar-refractivity contribution in [2.75, 3.05) is 47.0 Å². The van der Waals surface area contributed by atoms with Gasteiger partial charge in [0.15, 0.2) is 18.1 Å². The predicted octanol–water partition coefficient (Wildman–Crippen LogP) is 2.44. The molecular formula is C33H42N4O7. The molecule has 0 saturated carbocycles. The third-order valence-corrected chi connectivity index (χ3v) is 9.47. The van der Waals surface area contributed by atoms with E-state index in [9.17, 15) is 14.4 Å². The van der Waals surface area contributed by atoms with E-state index in [0.29, 0.717) is 55.5 Å². The van der Waals surface area contributed by atoms with Crippen molar-refractivity contribution in [3.63, 3.8) is 0 Å². The Morgan fingerprint density at radius 2 is 1.75 bits per heavy atom. The molecule has 3 fully saturated rings. The first-order valence-electron chi connectivity index (χ1n) is 15.6. The maximum absolute atomic E-state index is 14.0. The van der Waals surface area contributed by atoms with E-state index >= 15 is 0 Å². The van der Waals surface area contributed by atoms with Crippen molar-refractivity contribution in [2.45, 2.75) is 69.2 Å². The van der Waals surface area contributed by atoms with Crippen LogP contribution in [0.3, 0.4) is 0 Å². The Kier molecular flexibility index (Phi) is 8.83. The van der Waals surface area contributed by atoms with Crippen LogP contribution in [0.5, 0.6) is 23.0 Å². The van der Waals surface area contributed by atoms with E-state index < -0.39 is 11.6 Å². The predicted molar refractivity (Wildman–Crippen MR) is 162 cm³/mol. The summed E-state index contributed by atoms with van der Waals surface area (Å²) in [6.07, 6.45) is 4.82. The molecule has 44 heavy (non-hydrogen) atoms. The molecule has 236 valence electrons. The summed E-state index contributed by atoms with van der Waals surface area (Å²) < 4.78 is 23.5. The van der Waals surface area contributed by atoms with Crippen molar-refractivity contribution in [2.24, 2.45) is 0 Å². The van der Waals surface area contributed by atoms with E-state index in [0.717, 1.165) is 49.9 Å². The fourth-order valence-electron chi connectivity index (χ4n) is 7.18. The maximum Gasteiger partial charge on any atom is 0.258 e. The maximum atomic E-state index is 14.0. The third-order valence-electron chi connectivity index (χ3n) is 9.47. The van der Waals surface area contributed by atoms with Gasteiger partial charge in [-0.05, 0) is 75.0 Å². The Morgan fingerprint density at radius 3 is 2.52 bits per heavy atom. The molecule has 2 atom stereocenters. The van der Waals surface area contributed by atoms with E-state index in [1.54, 1.807) is 32.4 Å². The van der Waals surface area contributed by atoms with Gasteiger partial charge in [0.2, 0.25) is 11.8 Å². The molecule has 4 bridgehead atoms. The quantitative estimate of drug-likeness (QED) is 0.547. The number of benzene rings is 2. The zero-order valence-corrected chi connectivity index (χ0v) is 25.6. The number of hydrogen-bond donors (Lipinski definition) is 2. The number of methoxy groups -OCH3 is 2. The number of ether oxygens (including phenoxy) is 4. The fourth-order valence-corrected chi connectivity index (χ4v) is 7.18. The molecule has 3 amide bonds. The summed E-state index contributed by atoms with van der Waals surface area (Å²) in [5, 5.41) is 6.09. The van der Waals surface area contributed by atoms with Gasteiger partial charge in [-0.25, -0.2) is 0 Å². The second-order valence-corrected chi connectivity index (χ2v) is 12.1. The number of fused-ring (bicyclic) bond motifs is 10. The topological polar surface area (TPSA) is 119 Å². The van der Waals surface area contributed by atoms with Crippen LogP contribution in [-0.4, -0.2) is 92.2 Å². The highest BCUT2D eigenvalue weighted by atomic mass is 16.5. The number of carbonyl (C=O) groups excluding carboxylic acids is 3. The van der Waals surface area contributed by atoms with E-state index in [4.69, 9.17) is 18.9 Å². The lowest BCUT2D eigenvalue weighted by molar-refractivity contribution is -0.145. The van der Waals surface area contributed by atoms with Crippen LogP contribution in [0, 0.1) is 0 Å². The Hall–Kier alpha value is -3.99. The van der Waals surface area contributed by atoms with E-state index in [2.05, 4.69) is 15.5 Å². The smallest absolute Gasteiger partial charge is 0.258 e. The molecule has 2 N–H and O–H groups in total. The van der Waals surface area contributed by atoms with Gasteiger partial charge in [0, 0.05) is 44.1 Å². The second-order valence-electron chi connectivity index (χ2n) is 12.1. The average Bonchev–Trinajstić information content (AvgIpc) is 3.64. The van der Waals surface area contributed by atoms with Crippen LogP contribution in [0.4, 0.5) is 0 Å². The molecule has 2 aromatic rings. The molecule has 0 radical (unpaired) electrons. The Balaban J connectivity index is 1.26. The van der Waals surface area contributed by atoms with Gasteiger partial charge in [0.05, 0.1) is 20.3 Å². The number of nitrogens with zero attached hydrogens (tertiary/aromatic N) is 2. The highest BCUT2D eigenvalue weighted by Crippen LogP contribution is 2.41. The molecule has 11 nitrogen and oxygen atoms in total. The molecule has 0 spiro atoms. The third kappa shape index (κ3) is 6.15. The molecule has 0 aliphatic carbocycles. The lowest BCUT2D eigenvalue weighted by atomic mass is 9.90. The van der Waals surface area contributed by atoms with Crippen LogP contribution in [0.2, 0.25) is 0 Å². The van der Waals surface area contributed by atoms with Crippen molar-refractivity contribution >= 4 is 17.7 Å². The minimum absolute atomic E-state index is 0.0926. The van der Waals surface area contributed by atoms with Crippen molar-refractivity contribution in [3.8, 4) is 23.0 Å². The number of piperidine rings is 1. The number of nitrogens with one attached hydrogen (secondary N) is 2. The van der Waals surface area contributed by atoms with Crippen molar-refractivity contribution in [3.05, 3.63) is 47.5 Å². The van der Waals surface area contributed by atoms with Gasteiger partial charge in [-0.15, -0.1) is 0 Å². The van der Waals surface area contributed by atoms with Crippen molar-refractivity contribution < 1.29 is 33.3 Å². The summed E-state index contributed by atoms with van der Waals surface area (Å²) in [4.78, 5) is 44.3. The first kappa shape index (κ1) is 30.1. The van der Waals surface area contributed by atoms with Gasteiger partial charge < -0.3 is 34.5 Å². The van der Waals surface area contributed by atoms with Crippen LogP contribution >= 0.6 is 0 Å². The van der Waals surface area contributed by atoms with Crippen LogP contribution in [0.25, 0.3) is 0 Å². The average molecular weight is 607 g/mol. The van der Waals surface area contributed by atoms with E-state index in [1.807, 2.05) is 23.1 Å². The summed E-state index contributed by atoms with van der Waals surface area (Å²) in [6, 6.07) is 10.6. The summed E-state index contributed by atoms with van der Waals surface area (Å²) >= 11 is 0. The largest absolute Gasteiger partial charge is 0.496 e. The minimum Gasteiger partial charge on any atom is -0.496 e. The molecule has 2 aromatic carbocycles. The Labute approximate surface area is 258 Å². The Bertz CT molecular complexity index is 1390. The van der Waals surface area contributed by atoms with Gasteiger partial charge >= 0.3 is 0 Å². The van der Waals surface area contributed by atoms with Crippen molar-refractivity contribution in [1.29, 1.82) is 0 Å². The number of hydrogen-bond acceptors (Lipinski definition) is 8. The molecule has 0 unspecified atom stereocenters. The van der Waals surface area contributed by atoms with E-state index in [-0.39, 0.29) is 36.9 Å². The summed E-state index contributed by atoms with van der Waals surface area (Å²) in [6.45, 7) is 2.91. The molecule has 3 saturated heterocycles. The molecule has 11 heteroatoms. The van der Waals surface area contributed by atoms with E-state index in [1.165, 1.54) is 0 Å². The van der Waals surface area contributed by atoms with Crippen LogP contribution in [0.15, 0.2) is 36.4 Å². The first-order valence-corrected chi connectivity index (χ1v) is 15.6. The van der Waals surface area contributed by atoms with Gasteiger partial charge in [0.25, 0.3) is 5.91 Å². The summed E-state index contributed by atoms with van der Waals surface area (Å²) in [5.41, 5.74) is 1.31. The lowest BCUT2D eigenvalue weighted by Gasteiger charge is -2.43. The van der Waals surface area contributed by atoms with Crippen molar-refractivity contribution in [1.82, 2.24) is 20.4 Å². The fraction of sp³-hybridized carbons (Fsp3) is 0.545. The molecule has 5 aliphatic rings. The first-order chi connectivity index (χ1) is 21.4. The van der Waals surface area contributed by atoms with Gasteiger partial charge in [-0.2, -0.15) is 0 Å². The van der Waals surface area contributed by atoms with Gasteiger partial charge in [-0.3, -0.25) is 19.3 Å². The number of aryl methyl sites for hydroxylation is 1. The second kappa shape index (κ2) is 12.9. The SMILES string of the molecule is COc1cc2ccc1CNC(=O)CCc1ccc(OC)c(c1)OCC(=O)N[C@@H]1CN(C(=O)C34CCCN3CCC4)CC[C@@H]1O2. The zero-order valence-electron chi connectivity index (χ0n) is 25.6. The van der Waals surface area contributed by atoms with Crippen LogP contribution in [0.1, 0.15) is 49.7 Å². The summed E-state index contributed by atoms with van der Waals surface area (Å²) in [5.74, 6) is 1.87. The van der Waals surface area contributed by atoms with Crippen LogP contribution in [-0.2, 0) is 27.3 Å². The highest BCUT2D eigenvalue weighted by molar-refractivity contribution is 5.87. The molecular weight excluding hydrogens is 564 g/mol. The minimum atomic E-state index is -0.447. The van der Waals surface area contributed by atoms with Gasteiger partial charge in [-0.1, -0.05) is 6.07 Å².